The van der Waals surface area contributed by atoms with Gasteiger partial charge in [-0.3, -0.25) is 10.1 Å². The summed E-state index contributed by atoms with van der Waals surface area (Å²) in [5, 5.41) is 6.44. The molecule has 4 nitrogen and oxygen atoms in total. The summed E-state index contributed by atoms with van der Waals surface area (Å²) >= 11 is 1.80. The number of nitrogens with one attached hydrogen (secondary N) is 2. The third-order valence-electron chi connectivity index (χ3n) is 2.92. The zero-order chi connectivity index (χ0) is 9.97. The lowest BCUT2D eigenvalue weighted by Gasteiger charge is -2.20. The molecule has 1 unspecified atom stereocenters. The molecule has 2 N–H and O–H groups in total. The van der Waals surface area contributed by atoms with Crippen molar-refractivity contribution in [1.29, 1.82) is 0 Å². The van der Waals surface area contributed by atoms with E-state index in [-0.39, 0.29) is 24.4 Å². The Morgan fingerprint density at radius 3 is 2.93 bits per heavy atom. The highest BCUT2D eigenvalue weighted by Crippen LogP contribution is 2.15. The fraction of sp³-hybridized carbons (Fsp3) is 0.889. The van der Waals surface area contributed by atoms with E-state index in [0.717, 1.165) is 31.1 Å². The Morgan fingerprint density at radius 1 is 1.60 bits per heavy atom. The van der Waals surface area contributed by atoms with Crippen LogP contribution in [0.15, 0.2) is 0 Å². The Kier molecular flexibility index (Phi) is 5.18. The SMILES string of the molecule is CNC1CCN(C(=O)[C@H]2CSCN2)C1.Cl. The van der Waals surface area contributed by atoms with E-state index in [0.29, 0.717) is 6.04 Å². The predicted octanol–water partition coefficient (Wildman–Crippen LogP) is -0.109. The highest BCUT2D eigenvalue weighted by Gasteiger charge is 2.31. The first-order chi connectivity index (χ1) is 6.81. The lowest BCUT2D eigenvalue weighted by atomic mass is 10.3. The number of thioether (sulfide) groups is 1. The highest BCUT2D eigenvalue weighted by atomic mass is 35.5. The van der Waals surface area contributed by atoms with E-state index in [1.165, 1.54) is 0 Å². The monoisotopic (exact) mass is 251 g/mol. The van der Waals surface area contributed by atoms with Crippen LogP contribution in [0.5, 0.6) is 0 Å². The average molecular weight is 252 g/mol. The topological polar surface area (TPSA) is 44.4 Å². The third kappa shape index (κ3) is 3.00. The third-order valence-corrected chi connectivity index (χ3v) is 3.86. The molecule has 0 spiro atoms. The first-order valence-electron chi connectivity index (χ1n) is 5.08. The molecule has 0 aromatic rings. The fourth-order valence-corrected chi connectivity index (χ4v) is 2.90. The Hall–Kier alpha value is 0.0300. The van der Waals surface area contributed by atoms with E-state index in [1.54, 1.807) is 11.8 Å². The van der Waals surface area contributed by atoms with Gasteiger partial charge in [-0.15, -0.1) is 24.2 Å². The largest absolute Gasteiger partial charge is 0.340 e. The lowest BCUT2D eigenvalue weighted by Crippen LogP contribution is -2.44. The molecule has 2 aliphatic heterocycles. The van der Waals surface area contributed by atoms with Gasteiger partial charge in [-0.1, -0.05) is 0 Å². The zero-order valence-electron chi connectivity index (χ0n) is 8.86. The van der Waals surface area contributed by atoms with Crippen LogP contribution in [0.1, 0.15) is 6.42 Å². The number of nitrogens with zero attached hydrogens (tertiary/aromatic N) is 1. The van der Waals surface area contributed by atoms with Crippen molar-refractivity contribution < 1.29 is 4.79 Å². The summed E-state index contributed by atoms with van der Waals surface area (Å²) in [5.74, 6) is 2.13. The van der Waals surface area contributed by atoms with Crippen molar-refractivity contribution in [2.75, 3.05) is 31.8 Å². The van der Waals surface area contributed by atoms with Crippen molar-refractivity contribution in [3.8, 4) is 0 Å². The normalized spacial score (nSPS) is 30.3. The van der Waals surface area contributed by atoms with Crippen LogP contribution in [0.2, 0.25) is 0 Å². The Morgan fingerprint density at radius 2 is 2.40 bits per heavy atom. The molecule has 0 aromatic heterocycles. The molecule has 0 aliphatic carbocycles. The van der Waals surface area contributed by atoms with Gasteiger partial charge >= 0.3 is 0 Å². The maximum atomic E-state index is 11.9. The van der Waals surface area contributed by atoms with E-state index in [9.17, 15) is 4.79 Å². The molecule has 2 fully saturated rings. The molecule has 6 heteroatoms. The summed E-state index contributed by atoms with van der Waals surface area (Å²) in [6.45, 7) is 1.78. The number of halogens is 1. The summed E-state index contributed by atoms with van der Waals surface area (Å²) in [6, 6.07) is 0.559. The number of carbonyl (C=O) groups is 1. The molecule has 0 radical (unpaired) electrons. The van der Waals surface area contributed by atoms with E-state index < -0.39 is 0 Å². The van der Waals surface area contributed by atoms with Crippen molar-refractivity contribution in [3.05, 3.63) is 0 Å². The number of carbonyl (C=O) groups excluding carboxylic acids is 1. The minimum absolute atomic E-state index is 0. The van der Waals surface area contributed by atoms with E-state index in [4.69, 9.17) is 0 Å². The molecule has 2 atom stereocenters. The second-order valence-electron chi connectivity index (χ2n) is 3.83. The molecular formula is C9H18ClN3OS. The van der Waals surface area contributed by atoms with Crippen LogP contribution in [0.4, 0.5) is 0 Å². The maximum absolute atomic E-state index is 11.9. The molecule has 1 amide bonds. The summed E-state index contributed by atoms with van der Waals surface area (Å²) < 4.78 is 0. The van der Waals surface area contributed by atoms with Gasteiger partial charge < -0.3 is 10.2 Å². The first-order valence-corrected chi connectivity index (χ1v) is 6.24. The standard InChI is InChI=1S/C9H17N3OS.ClH/c1-10-7-2-3-12(4-7)9(13)8-5-14-6-11-8;/h7-8,10-11H,2-6H2,1H3;1H/t7?,8-;/m1./s1. The molecule has 2 rings (SSSR count). The molecule has 15 heavy (non-hydrogen) atoms. The second kappa shape index (κ2) is 5.94. The zero-order valence-corrected chi connectivity index (χ0v) is 10.5. The van der Waals surface area contributed by atoms with Gasteiger partial charge in [0.05, 0.1) is 6.04 Å². The number of rotatable bonds is 2. The van der Waals surface area contributed by atoms with E-state index in [1.807, 2.05) is 11.9 Å². The Balaban J connectivity index is 0.00000112. The van der Waals surface area contributed by atoms with Gasteiger partial charge in [0, 0.05) is 30.8 Å². The van der Waals surface area contributed by atoms with Crippen molar-refractivity contribution >= 4 is 30.1 Å². The number of likely N-dealkylation sites (N-methyl/N-ethyl adjacent to an activating group) is 1. The predicted molar refractivity (Wildman–Crippen MR) is 65.5 cm³/mol. The smallest absolute Gasteiger partial charge is 0.240 e. The molecule has 2 heterocycles. The average Bonchev–Trinajstić information content (AvgIpc) is 2.88. The fourth-order valence-electron chi connectivity index (χ4n) is 1.97. The molecular weight excluding hydrogens is 234 g/mol. The van der Waals surface area contributed by atoms with Gasteiger partial charge in [-0.05, 0) is 13.5 Å². The second-order valence-corrected chi connectivity index (χ2v) is 4.86. The van der Waals surface area contributed by atoms with Crippen molar-refractivity contribution in [3.63, 3.8) is 0 Å². The van der Waals surface area contributed by atoms with E-state index in [2.05, 4.69) is 10.6 Å². The minimum atomic E-state index is 0. The molecule has 0 aromatic carbocycles. The molecule has 0 saturated carbocycles. The van der Waals surface area contributed by atoms with Gasteiger partial charge in [-0.25, -0.2) is 0 Å². The number of likely N-dealkylation sites (tertiary alicyclic amines) is 1. The van der Waals surface area contributed by atoms with Crippen LogP contribution >= 0.6 is 24.2 Å². The molecule has 2 saturated heterocycles. The van der Waals surface area contributed by atoms with Gasteiger partial charge in [0.2, 0.25) is 5.91 Å². The van der Waals surface area contributed by atoms with Gasteiger partial charge in [-0.2, -0.15) is 0 Å². The van der Waals surface area contributed by atoms with Gasteiger partial charge in [0.1, 0.15) is 0 Å². The number of hydrogen-bond donors (Lipinski definition) is 2. The first kappa shape index (κ1) is 13.1. The Bertz CT molecular complexity index is 223. The van der Waals surface area contributed by atoms with Crippen molar-refractivity contribution in [1.82, 2.24) is 15.5 Å². The lowest BCUT2D eigenvalue weighted by molar-refractivity contribution is -0.131. The van der Waals surface area contributed by atoms with Crippen LogP contribution in [0.3, 0.4) is 0 Å². The van der Waals surface area contributed by atoms with Crippen molar-refractivity contribution in [2.45, 2.75) is 18.5 Å². The van der Waals surface area contributed by atoms with E-state index >= 15 is 0 Å². The molecule has 0 bridgehead atoms. The highest BCUT2D eigenvalue weighted by molar-refractivity contribution is 7.99. The maximum Gasteiger partial charge on any atom is 0.240 e. The van der Waals surface area contributed by atoms with Crippen LogP contribution in [-0.2, 0) is 4.79 Å². The quantitative estimate of drug-likeness (QED) is 0.719. The van der Waals surface area contributed by atoms with Gasteiger partial charge in [0.15, 0.2) is 0 Å². The molecule has 88 valence electrons. The van der Waals surface area contributed by atoms with Crippen LogP contribution in [0.25, 0.3) is 0 Å². The molecule has 2 aliphatic rings. The number of amides is 1. The summed E-state index contributed by atoms with van der Waals surface area (Å²) in [7, 11) is 1.96. The van der Waals surface area contributed by atoms with Crippen LogP contribution in [0, 0.1) is 0 Å². The van der Waals surface area contributed by atoms with Crippen molar-refractivity contribution in [2.24, 2.45) is 0 Å². The van der Waals surface area contributed by atoms with Crippen LogP contribution in [-0.4, -0.2) is 54.7 Å². The van der Waals surface area contributed by atoms with Gasteiger partial charge in [0.25, 0.3) is 0 Å². The summed E-state index contributed by atoms with van der Waals surface area (Å²) in [4.78, 5) is 13.9. The summed E-state index contributed by atoms with van der Waals surface area (Å²) in [5.41, 5.74) is 0. The Labute approximate surface area is 101 Å². The number of hydrogen-bond acceptors (Lipinski definition) is 4. The summed E-state index contributed by atoms with van der Waals surface area (Å²) in [6.07, 6.45) is 1.09. The van der Waals surface area contributed by atoms with Crippen LogP contribution < -0.4 is 10.6 Å². The minimum Gasteiger partial charge on any atom is -0.340 e.